The van der Waals surface area contributed by atoms with Crippen LogP contribution in [-0.4, -0.2) is 18.0 Å². The minimum absolute atomic E-state index is 0.318. The van der Waals surface area contributed by atoms with Gasteiger partial charge in [0.15, 0.2) is 6.10 Å². The zero-order valence-electron chi connectivity index (χ0n) is 15.7. The number of esters is 1. The highest BCUT2D eigenvalue weighted by Crippen LogP contribution is 2.26. The molecule has 27 heavy (non-hydrogen) atoms. The summed E-state index contributed by atoms with van der Waals surface area (Å²) >= 11 is 6.04. The number of anilines is 1. The smallest absolute Gasteiger partial charge is 0.331 e. The lowest BCUT2D eigenvalue weighted by atomic mass is 9.97. The van der Waals surface area contributed by atoms with Crippen LogP contribution in [0.2, 0.25) is 5.02 Å². The molecule has 2 atom stereocenters. The van der Waals surface area contributed by atoms with E-state index in [1.807, 2.05) is 36.4 Å². The van der Waals surface area contributed by atoms with Crippen LogP contribution in [0.5, 0.6) is 0 Å². The van der Waals surface area contributed by atoms with Crippen LogP contribution in [0.4, 0.5) is 5.69 Å². The van der Waals surface area contributed by atoms with Crippen molar-refractivity contribution in [3.63, 3.8) is 0 Å². The normalized spacial score (nSPS) is 13.2. The lowest BCUT2D eigenvalue weighted by molar-refractivity contribution is -0.148. The SMILES string of the molecule is CC[C@H](C)c1ccccc1NC(=O)[C@H](C)OC(=O)/C=C/c1ccccc1Cl. The largest absolute Gasteiger partial charge is 0.449 e. The molecule has 0 spiro atoms. The second-order valence-electron chi connectivity index (χ2n) is 6.32. The number of carbonyl (C=O) groups is 2. The summed E-state index contributed by atoms with van der Waals surface area (Å²) in [7, 11) is 0. The van der Waals surface area contributed by atoms with Crippen molar-refractivity contribution in [2.45, 2.75) is 39.2 Å². The number of nitrogens with one attached hydrogen (secondary N) is 1. The fourth-order valence-corrected chi connectivity index (χ4v) is 2.73. The summed E-state index contributed by atoms with van der Waals surface area (Å²) in [6.45, 7) is 5.75. The van der Waals surface area contributed by atoms with Crippen molar-refractivity contribution >= 4 is 35.2 Å². The predicted octanol–water partition coefficient (Wildman–Crippen LogP) is 5.44. The van der Waals surface area contributed by atoms with E-state index in [0.717, 1.165) is 17.7 Å². The number of amides is 1. The molecule has 0 bridgehead atoms. The minimum Gasteiger partial charge on any atom is -0.449 e. The molecule has 0 radical (unpaired) electrons. The maximum atomic E-state index is 12.4. The van der Waals surface area contributed by atoms with E-state index in [4.69, 9.17) is 16.3 Å². The van der Waals surface area contributed by atoms with E-state index in [1.54, 1.807) is 25.1 Å². The molecular weight excluding hydrogens is 362 g/mol. The first-order valence-corrected chi connectivity index (χ1v) is 9.33. The van der Waals surface area contributed by atoms with Gasteiger partial charge >= 0.3 is 5.97 Å². The van der Waals surface area contributed by atoms with Crippen LogP contribution in [0.3, 0.4) is 0 Å². The Kier molecular flexibility index (Phi) is 7.62. The van der Waals surface area contributed by atoms with Crippen molar-refractivity contribution < 1.29 is 14.3 Å². The van der Waals surface area contributed by atoms with Gasteiger partial charge in [-0.15, -0.1) is 0 Å². The molecule has 2 aromatic carbocycles. The molecule has 0 heterocycles. The highest BCUT2D eigenvalue weighted by Gasteiger charge is 2.18. The van der Waals surface area contributed by atoms with Gasteiger partial charge in [0.2, 0.25) is 0 Å². The minimum atomic E-state index is -0.918. The van der Waals surface area contributed by atoms with Gasteiger partial charge in [0.1, 0.15) is 0 Å². The number of carbonyl (C=O) groups excluding carboxylic acids is 2. The van der Waals surface area contributed by atoms with E-state index in [1.165, 1.54) is 6.08 Å². The molecular formula is C22H24ClNO3. The molecule has 4 nitrogen and oxygen atoms in total. The van der Waals surface area contributed by atoms with Gasteiger partial charge in [0, 0.05) is 16.8 Å². The van der Waals surface area contributed by atoms with Gasteiger partial charge in [-0.2, -0.15) is 0 Å². The predicted molar refractivity (Wildman–Crippen MR) is 110 cm³/mol. The summed E-state index contributed by atoms with van der Waals surface area (Å²) < 4.78 is 5.19. The molecule has 0 aliphatic carbocycles. The van der Waals surface area contributed by atoms with Gasteiger partial charge < -0.3 is 10.1 Å². The third kappa shape index (κ3) is 5.97. The van der Waals surface area contributed by atoms with Crippen LogP contribution in [0, 0.1) is 0 Å². The Morgan fingerprint density at radius 3 is 2.48 bits per heavy atom. The third-order valence-corrected chi connectivity index (χ3v) is 4.67. The molecule has 0 unspecified atom stereocenters. The first kappa shape index (κ1) is 20.7. The van der Waals surface area contributed by atoms with Crippen molar-refractivity contribution in [3.05, 3.63) is 70.8 Å². The molecule has 0 saturated carbocycles. The van der Waals surface area contributed by atoms with Crippen molar-refractivity contribution in [1.82, 2.24) is 0 Å². The van der Waals surface area contributed by atoms with Gasteiger partial charge in [-0.05, 0) is 48.6 Å². The monoisotopic (exact) mass is 385 g/mol. The number of halogens is 1. The van der Waals surface area contributed by atoms with E-state index in [2.05, 4.69) is 19.2 Å². The molecule has 0 saturated heterocycles. The van der Waals surface area contributed by atoms with Crippen LogP contribution < -0.4 is 5.32 Å². The Bertz CT molecular complexity index is 832. The zero-order valence-corrected chi connectivity index (χ0v) is 16.5. The molecule has 0 aromatic heterocycles. The molecule has 0 aliphatic rings. The lowest BCUT2D eigenvalue weighted by Crippen LogP contribution is -2.29. The summed E-state index contributed by atoms with van der Waals surface area (Å²) in [6, 6.07) is 14.8. The van der Waals surface area contributed by atoms with E-state index in [0.29, 0.717) is 16.5 Å². The van der Waals surface area contributed by atoms with E-state index >= 15 is 0 Å². The molecule has 0 fully saturated rings. The van der Waals surface area contributed by atoms with Gasteiger partial charge in [0.25, 0.3) is 5.91 Å². The maximum absolute atomic E-state index is 12.4. The second-order valence-corrected chi connectivity index (χ2v) is 6.73. The highest BCUT2D eigenvalue weighted by atomic mass is 35.5. The maximum Gasteiger partial charge on any atom is 0.331 e. The molecule has 0 aliphatic heterocycles. The number of hydrogen-bond acceptors (Lipinski definition) is 3. The number of hydrogen-bond donors (Lipinski definition) is 1. The molecule has 142 valence electrons. The summed E-state index contributed by atoms with van der Waals surface area (Å²) in [5, 5.41) is 3.39. The molecule has 1 amide bonds. The van der Waals surface area contributed by atoms with Gasteiger partial charge in [-0.3, -0.25) is 4.79 Å². The standard InChI is InChI=1S/C22H24ClNO3/c1-4-15(2)18-10-6-8-12-20(18)24-22(26)16(3)27-21(25)14-13-17-9-5-7-11-19(17)23/h5-16H,4H2,1-3H3,(H,24,26)/b14-13+/t15-,16-/m0/s1. The number of rotatable bonds is 7. The fourth-order valence-electron chi connectivity index (χ4n) is 2.53. The van der Waals surface area contributed by atoms with Crippen molar-refractivity contribution in [1.29, 1.82) is 0 Å². The molecule has 5 heteroatoms. The van der Waals surface area contributed by atoms with E-state index in [-0.39, 0.29) is 5.91 Å². The Morgan fingerprint density at radius 2 is 1.78 bits per heavy atom. The fraction of sp³-hybridized carbons (Fsp3) is 0.273. The van der Waals surface area contributed by atoms with Gasteiger partial charge in [-0.1, -0.05) is 61.8 Å². The summed E-state index contributed by atoms with van der Waals surface area (Å²) in [6.07, 6.45) is 2.87. The lowest BCUT2D eigenvalue weighted by Gasteiger charge is -2.17. The van der Waals surface area contributed by atoms with Crippen LogP contribution in [0.15, 0.2) is 54.6 Å². The van der Waals surface area contributed by atoms with Crippen LogP contribution >= 0.6 is 11.6 Å². The molecule has 2 aromatic rings. The van der Waals surface area contributed by atoms with Crippen molar-refractivity contribution in [3.8, 4) is 0 Å². The number of benzene rings is 2. The molecule has 1 N–H and O–H groups in total. The van der Waals surface area contributed by atoms with Crippen molar-refractivity contribution in [2.24, 2.45) is 0 Å². The third-order valence-electron chi connectivity index (χ3n) is 4.33. The van der Waals surface area contributed by atoms with Gasteiger partial charge in [0.05, 0.1) is 0 Å². The van der Waals surface area contributed by atoms with Gasteiger partial charge in [-0.25, -0.2) is 4.79 Å². The Labute approximate surface area is 165 Å². The van der Waals surface area contributed by atoms with Crippen molar-refractivity contribution in [2.75, 3.05) is 5.32 Å². The average molecular weight is 386 g/mol. The number of ether oxygens (including phenoxy) is 1. The second kappa shape index (κ2) is 9.93. The first-order valence-electron chi connectivity index (χ1n) is 8.95. The average Bonchev–Trinajstić information content (AvgIpc) is 2.67. The van der Waals surface area contributed by atoms with Crippen LogP contribution in [-0.2, 0) is 14.3 Å². The summed E-state index contributed by atoms with van der Waals surface area (Å²) in [5.74, 6) is -0.657. The quantitative estimate of drug-likeness (QED) is 0.510. The summed E-state index contributed by atoms with van der Waals surface area (Å²) in [5.41, 5.74) is 2.51. The Hall–Kier alpha value is -2.59. The first-order chi connectivity index (χ1) is 12.9. The zero-order chi connectivity index (χ0) is 19.8. The van der Waals surface area contributed by atoms with E-state index in [9.17, 15) is 9.59 Å². The highest BCUT2D eigenvalue weighted by molar-refractivity contribution is 6.32. The Morgan fingerprint density at radius 1 is 1.11 bits per heavy atom. The summed E-state index contributed by atoms with van der Waals surface area (Å²) in [4.78, 5) is 24.4. The molecule has 2 rings (SSSR count). The van der Waals surface area contributed by atoms with Crippen LogP contribution in [0.1, 0.15) is 44.2 Å². The topological polar surface area (TPSA) is 55.4 Å². The number of para-hydroxylation sites is 1. The van der Waals surface area contributed by atoms with E-state index < -0.39 is 12.1 Å². The Balaban J connectivity index is 1.98. The van der Waals surface area contributed by atoms with Crippen LogP contribution in [0.25, 0.3) is 6.08 Å².